The molecule has 3 fully saturated rings. The maximum absolute atomic E-state index is 4.77. The lowest BCUT2D eigenvalue weighted by molar-refractivity contribution is 0.323. The highest BCUT2D eigenvalue weighted by molar-refractivity contribution is 7.15. The minimum absolute atomic E-state index is 0.628. The van der Waals surface area contributed by atoms with Crippen LogP contribution in [0.2, 0.25) is 0 Å². The van der Waals surface area contributed by atoms with Gasteiger partial charge >= 0.3 is 0 Å². The number of likely N-dealkylation sites (N-methyl/N-ethyl adjacent to an activating group) is 1. The molecule has 0 unspecified atom stereocenters. The average molecular weight is 676 g/mol. The zero-order valence-corrected chi connectivity index (χ0v) is 31.0. The van der Waals surface area contributed by atoms with E-state index < -0.39 is 0 Å². The number of nitrogens with zero attached hydrogens (tertiary/aromatic N) is 3. The molecule has 2 aromatic heterocycles. The van der Waals surface area contributed by atoms with E-state index in [1.807, 2.05) is 18.4 Å². The smallest absolute Gasteiger partial charge is 0.0962 e. The molecule has 260 valence electrons. The predicted octanol–water partition coefficient (Wildman–Crippen LogP) is 11.1. The highest BCUT2D eigenvalue weighted by Gasteiger charge is 2.29. The summed E-state index contributed by atoms with van der Waals surface area (Å²) in [6.45, 7) is 14.2. The Balaban J connectivity index is 0.000000359. The lowest BCUT2D eigenvalue weighted by Crippen LogP contribution is -2.33. The molecule has 2 heterocycles. The first-order valence-corrected chi connectivity index (χ1v) is 19.7. The van der Waals surface area contributed by atoms with Crippen molar-refractivity contribution in [1.82, 2.24) is 20.3 Å². The summed E-state index contributed by atoms with van der Waals surface area (Å²) >= 11 is 1.90. The lowest BCUT2D eigenvalue weighted by Gasteiger charge is -2.38. The molecule has 0 bridgehead atoms. The highest BCUT2D eigenvalue weighted by atomic mass is 32.1. The number of aromatic amines is 1. The number of H-pyrrole nitrogens is 1. The van der Waals surface area contributed by atoms with Crippen LogP contribution in [0, 0.1) is 18.8 Å². The van der Waals surface area contributed by atoms with E-state index in [0.717, 1.165) is 48.5 Å². The lowest BCUT2D eigenvalue weighted by atomic mass is 9.77. The summed E-state index contributed by atoms with van der Waals surface area (Å²) < 4.78 is 0. The summed E-state index contributed by atoms with van der Waals surface area (Å²) in [5.74, 6) is 2.80. The molecule has 0 aliphatic heterocycles. The minimum atomic E-state index is 0.628. The third kappa shape index (κ3) is 9.33. The number of allylic oxidation sites excluding steroid dienone is 2. The second kappa shape index (κ2) is 16.8. The molecule has 0 atom stereocenters. The van der Waals surface area contributed by atoms with Gasteiger partial charge in [-0.2, -0.15) is 0 Å². The van der Waals surface area contributed by atoms with Gasteiger partial charge in [0.1, 0.15) is 0 Å². The molecule has 0 saturated heterocycles. The van der Waals surface area contributed by atoms with E-state index in [4.69, 9.17) is 11.6 Å². The van der Waals surface area contributed by atoms with Gasteiger partial charge in [0.05, 0.1) is 16.2 Å². The Bertz CT molecular complexity index is 1650. The van der Waals surface area contributed by atoms with Crippen molar-refractivity contribution >= 4 is 17.0 Å². The van der Waals surface area contributed by atoms with Gasteiger partial charge in [-0.15, -0.1) is 11.3 Å². The third-order valence-electron chi connectivity index (χ3n) is 11.1. The summed E-state index contributed by atoms with van der Waals surface area (Å²) in [5.41, 5.74) is 10.6. The van der Waals surface area contributed by atoms with Gasteiger partial charge in [-0.3, -0.25) is 0 Å². The van der Waals surface area contributed by atoms with E-state index in [-0.39, 0.29) is 0 Å². The molecule has 2 aromatic carbocycles. The fourth-order valence-electron chi connectivity index (χ4n) is 7.82. The van der Waals surface area contributed by atoms with Gasteiger partial charge in [-0.05, 0) is 117 Å². The van der Waals surface area contributed by atoms with Crippen molar-refractivity contribution in [2.24, 2.45) is 11.8 Å². The van der Waals surface area contributed by atoms with Gasteiger partial charge in [0.25, 0.3) is 0 Å². The number of nitrogens with one attached hydrogen (secondary N) is 2. The molecule has 7 rings (SSSR count). The number of hydrogen-bond donors (Lipinski definition) is 2. The maximum atomic E-state index is 4.77. The van der Waals surface area contributed by atoms with E-state index in [2.05, 4.69) is 89.3 Å². The molecule has 3 aliphatic rings. The summed E-state index contributed by atoms with van der Waals surface area (Å²) in [6, 6.07) is 16.5. The van der Waals surface area contributed by atoms with Gasteiger partial charge in [-0.25, -0.2) is 9.97 Å². The number of thiazole rings is 1. The first-order chi connectivity index (χ1) is 23.9. The third-order valence-corrected chi connectivity index (χ3v) is 12.3. The van der Waals surface area contributed by atoms with Crippen LogP contribution in [-0.4, -0.2) is 28.5 Å². The van der Waals surface area contributed by atoms with E-state index in [1.165, 1.54) is 109 Å². The summed E-state index contributed by atoms with van der Waals surface area (Å²) in [5, 5.41) is 4.29. The molecular formula is C43H57N5S. The van der Waals surface area contributed by atoms with Crippen LogP contribution >= 0.6 is 11.3 Å². The van der Waals surface area contributed by atoms with Crippen LogP contribution in [-0.2, 0) is 12.8 Å². The Morgan fingerprint density at radius 3 is 2.39 bits per heavy atom. The SMILES string of the molecule is C=C(C1CCCCC1)N(CC1CCC(c2ccc(CC)c(C)c2)CC1)c1cccc(-c2cnc(C3CC3)s2)c1.C=C(Cc1cnc[nH]1)NC. The standard InChI is InChI=1S/C36H46N2S.C7H11N3/c1-4-28-17-20-32(21-25(28)2)30-15-13-27(14-16-30)24-38(26(3)29-9-6-5-7-10-29)34-12-8-11-33(22-34)35-23-37-36(39-35)31-18-19-31;1-6(8-2)3-7-4-9-5-10-7/h8,11-12,17,20-23,27,29-31H,3-7,9-10,13-16,18-19,24H2,1-2H3;4-5,8H,1,3H2,2H3,(H,9,10). The Morgan fingerprint density at radius 2 is 1.71 bits per heavy atom. The molecule has 5 nitrogen and oxygen atoms in total. The van der Waals surface area contributed by atoms with Gasteiger partial charge in [0, 0.05) is 61.1 Å². The van der Waals surface area contributed by atoms with Gasteiger partial charge in [-0.1, -0.05) is 69.7 Å². The van der Waals surface area contributed by atoms with Crippen LogP contribution in [0.5, 0.6) is 0 Å². The van der Waals surface area contributed by atoms with E-state index in [1.54, 1.807) is 18.1 Å². The van der Waals surface area contributed by atoms with Crippen LogP contribution in [0.15, 0.2) is 85.7 Å². The topological polar surface area (TPSA) is 56.8 Å². The monoisotopic (exact) mass is 675 g/mol. The molecular weight excluding hydrogens is 619 g/mol. The van der Waals surface area contributed by atoms with Crippen molar-refractivity contribution in [2.45, 2.75) is 109 Å². The van der Waals surface area contributed by atoms with Crippen LogP contribution < -0.4 is 10.2 Å². The largest absolute Gasteiger partial charge is 0.392 e. The molecule has 3 aliphatic carbocycles. The van der Waals surface area contributed by atoms with Gasteiger partial charge in [0.2, 0.25) is 0 Å². The summed E-state index contributed by atoms with van der Waals surface area (Å²) in [7, 11) is 1.86. The van der Waals surface area contributed by atoms with E-state index in [9.17, 15) is 0 Å². The fourth-order valence-corrected chi connectivity index (χ4v) is 8.90. The number of benzene rings is 2. The number of rotatable bonds is 12. The number of aryl methyl sites for hydroxylation is 2. The van der Waals surface area contributed by atoms with Crippen LogP contribution in [0.25, 0.3) is 10.4 Å². The minimum Gasteiger partial charge on any atom is -0.392 e. The molecule has 6 heteroatoms. The molecule has 3 saturated carbocycles. The quantitative estimate of drug-likeness (QED) is 0.157. The second-order valence-electron chi connectivity index (χ2n) is 14.7. The van der Waals surface area contributed by atoms with Crippen molar-refractivity contribution in [3.05, 3.63) is 113 Å². The van der Waals surface area contributed by atoms with Crippen molar-refractivity contribution in [2.75, 3.05) is 18.5 Å². The van der Waals surface area contributed by atoms with Crippen LogP contribution in [0.1, 0.15) is 117 Å². The summed E-state index contributed by atoms with van der Waals surface area (Å²) in [6.07, 6.45) is 22.1. The summed E-state index contributed by atoms with van der Waals surface area (Å²) in [4.78, 5) is 15.6. The number of aromatic nitrogens is 3. The van der Waals surface area contributed by atoms with Gasteiger partial charge < -0.3 is 15.2 Å². The molecule has 49 heavy (non-hydrogen) atoms. The predicted molar refractivity (Wildman–Crippen MR) is 208 cm³/mol. The van der Waals surface area contributed by atoms with Gasteiger partial charge in [0.15, 0.2) is 0 Å². The Kier molecular flexibility index (Phi) is 12.1. The first kappa shape index (κ1) is 35.2. The van der Waals surface area contributed by atoms with E-state index in [0.29, 0.717) is 5.92 Å². The Hall–Kier alpha value is -3.64. The van der Waals surface area contributed by atoms with Crippen molar-refractivity contribution < 1.29 is 0 Å². The number of hydrogen-bond acceptors (Lipinski definition) is 5. The van der Waals surface area contributed by atoms with Crippen LogP contribution in [0.4, 0.5) is 5.69 Å². The Labute approximate surface area is 299 Å². The molecule has 0 amide bonds. The number of anilines is 1. The highest BCUT2D eigenvalue weighted by Crippen LogP contribution is 2.44. The molecule has 2 N–H and O–H groups in total. The van der Waals surface area contributed by atoms with Crippen molar-refractivity contribution in [1.29, 1.82) is 0 Å². The zero-order chi connectivity index (χ0) is 34.2. The normalized spacial score (nSPS) is 19.5. The van der Waals surface area contributed by atoms with Crippen molar-refractivity contribution in [3.63, 3.8) is 0 Å². The molecule has 0 spiro atoms. The second-order valence-corrected chi connectivity index (χ2v) is 15.8. The first-order valence-electron chi connectivity index (χ1n) is 18.9. The maximum Gasteiger partial charge on any atom is 0.0962 e. The van der Waals surface area contributed by atoms with Crippen molar-refractivity contribution in [3.8, 4) is 10.4 Å². The molecule has 4 aromatic rings. The zero-order valence-electron chi connectivity index (χ0n) is 30.1. The average Bonchev–Trinajstić information content (AvgIpc) is 3.64. The number of imidazole rings is 1. The van der Waals surface area contributed by atoms with E-state index >= 15 is 0 Å². The van der Waals surface area contributed by atoms with Crippen LogP contribution in [0.3, 0.4) is 0 Å². The fraction of sp³-hybridized carbons (Fsp3) is 0.488. The Morgan fingerprint density at radius 1 is 0.939 bits per heavy atom. The molecule has 0 radical (unpaired) electrons.